The molecule has 4 nitrogen and oxygen atoms in total. The molecule has 2 heterocycles. The molecule has 1 saturated heterocycles. The number of oxazole rings is 1. The molecule has 0 aliphatic carbocycles. The summed E-state index contributed by atoms with van der Waals surface area (Å²) in [7, 11) is 0. The first-order valence-electron chi connectivity index (χ1n) is 7.76. The summed E-state index contributed by atoms with van der Waals surface area (Å²) in [6.07, 6.45) is 0. The molecule has 5 heteroatoms. The lowest BCUT2D eigenvalue weighted by Gasteiger charge is -2.25. The number of nitrogens with zero attached hydrogens (tertiary/aromatic N) is 2. The summed E-state index contributed by atoms with van der Waals surface area (Å²) < 4.78 is 11.3. The van der Waals surface area contributed by atoms with Gasteiger partial charge in [-0.3, -0.25) is 4.90 Å². The van der Waals surface area contributed by atoms with Crippen LogP contribution in [0.15, 0.2) is 28.7 Å². The molecule has 0 radical (unpaired) electrons. The van der Waals surface area contributed by atoms with Crippen molar-refractivity contribution in [3.8, 4) is 17.2 Å². The molecule has 1 aliphatic heterocycles. The fourth-order valence-corrected chi connectivity index (χ4v) is 3.51. The Labute approximate surface area is 135 Å². The minimum atomic E-state index is 0.676. The van der Waals surface area contributed by atoms with Crippen LogP contribution < -0.4 is 4.74 Å². The van der Waals surface area contributed by atoms with E-state index in [0.29, 0.717) is 12.5 Å². The van der Waals surface area contributed by atoms with Gasteiger partial charge in [0.2, 0.25) is 5.89 Å². The van der Waals surface area contributed by atoms with E-state index in [0.717, 1.165) is 42.4 Å². The number of aryl methyl sites for hydroxylation is 1. The van der Waals surface area contributed by atoms with Gasteiger partial charge in [0.1, 0.15) is 11.5 Å². The quantitative estimate of drug-likeness (QED) is 0.842. The highest BCUT2D eigenvalue weighted by Crippen LogP contribution is 2.25. The molecule has 3 rings (SSSR count). The third-order valence-corrected chi connectivity index (χ3v) is 4.72. The highest BCUT2D eigenvalue weighted by Gasteiger charge is 2.16. The Kier molecular flexibility index (Phi) is 5.05. The lowest BCUT2D eigenvalue weighted by atomic mass is 10.2. The van der Waals surface area contributed by atoms with Crippen LogP contribution in [0.2, 0.25) is 0 Å². The molecule has 1 fully saturated rings. The van der Waals surface area contributed by atoms with Crippen molar-refractivity contribution in [3.63, 3.8) is 0 Å². The standard InChI is InChI=1S/C17H22N2O2S/c1-3-20-15-6-4-14(5-7-15)17-18-16(13(2)21-17)12-19-8-10-22-11-9-19/h4-7H,3,8-12H2,1-2H3. The molecule has 0 spiro atoms. The molecule has 0 saturated carbocycles. The van der Waals surface area contributed by atoms with Crippen molar-refractivity contribution in [2.45, 2.75) is 20.4 Å². The molecule has 2 aromatic rings. The average molecular weight is 318 g/mol. The van der Waals surface area contributed by atoms with E-state index < -0.39 is 0 Å². The van der Waals surface area contributed by atoms with Crippen LogP contribution in [0, 0.1) is 6.92 Å². The summed E-state index contributed by atoms with van der Waals surface area (Å²) >= 11 is 2.02. The van der Waals surface area contributed by atoms with Crippen molar-refractivity contribution in [1.82, 2.24) is 9.88 Å². The van der Waals surface area contributed by atoms with Gasteiger partial charge in [0.15, 0.2) is 0 Å². The first-order valence-corrected chi connectivity index (χ1v) is 8.91. The molecule has 22 heavy (non-hydrogen) atoms. The summed E-state index contributed by atoms with van der Waals surface area (Å²) in [6, 6.07) is 7.91. The molecule has 1 aliphatic rings. The second kappa shape index (κ2) is 7.20. The van der Waals surface area contributed by atoms with Gasteiger partial charge in [-0.25, -0.2) is 4.98 Å². The van der Waals surface area contributed by atoms with Crippen molar-refractivity contribution in [3.05, 3.63) is 35.7 Å². The smallest absolute Gasteiger partial charge is 0.226 e. The van der Waals surface area contributed by atoms with E-state index in [1.807, 2.05) is 49.9 Å². The van der Waals surface area contributed by atoms with Crippen LogP contribution in [-0.4, -0.2) is 41.1 Å². The number of hydrogen-bond acceptors (Lipinski definition) is 5. The third-order valence-electron chi connectivity index (χ3n) is 3.78. The topological polar surface area (TPSA) is 38.5 Å². The Morgan fingerprint density at radius 3 is 2.64 bits per heavy atom. The van der Waals surface area contributed by atoms with Crippen LogP contribution in [0.5, 0.6) is 5.75 Å². The van der Waals surface area contributed by atoms with E-state index in [1.165, 1.54) is 11.5 Å². The maximum Gasteiger partial charge on any atom is 0.226 e. The summed E-state index contributed by atoms with van der Waals surface area (Å²) in [5.74, 6) is 4.91. The van der Waals surface area contributed by atoms with E-state index >= 15 is 0 Å². The minimum absolute atomic E-state index is 0.676. The van der Waals surface area contributed by atoms with Crippen molar-refractivity contribution >= 4 is 11.8 Å². The van der Waals surface area contributed by atoms with Gasteiger partial charge in [0, 0.05) is 36.7 Å². The van der Waals surface area contributed by atoms with Crippen LogP contribution in [-0.2, 0) is 6.54 Å². The maximum absolute atomic E-state index is 5.86. The molecular weight excluding hydrogens is 296 g/mol. The van der Waals surface area contributed by atoms with Crippen molar-refractivity contribution in [2.75, 3.05) is 31.2 Å². The Morgan fingerprint density at radius 1 is 1.23 bits per heavy atom. The van der Waals surface area contributed by atoms with E-state index in [-0.39, 0.29) is 0 Å². The fraction of sp³-hybridized carbons (Fsp3) is 0.471. The number of hydrogen-bond donors (Lipinski definition) is 0. The highest BCUT2D eigenvalue weighted by atomic mass is 32.2. The molecule has 0 atom stereocenters. The Hall–Kier alpha value is -1.46. The zero-order chi connectivity index (χ0) is 15.4. The van der Waals surface area contributed by atoms with Crippen molar-refractivity contribution in [2.24, 2.45) is 0 Å². The van der Waals surface area contributed by atoms with Crippen LogP contribution >= 0.6 is 11.8 Å². The van der Waals surface area contributed by atoms with Gasteiger partial charge < -0.3 is 9.15 Å². The summed E-state index contributed by atoms with van der Waals surface area (Å²) in [6.45, 7) is 7.81. The van der Waals surface area contributed by atoms with Gasteiger partial charge in [-0.1, -0.05) is 0 Å². The number of benzene rings is 1. The molecule has 118 valence electrons. The SMILES string of the molecule is CCOc1ccc(-c2nc(CN3CCSCC3)c(C)o2)cc1. The van der Waals surface area contributed by atoms with Crippen LogP contribution in [0.4, 0.5) is 0 Å². The Bertz CT molecular complexity index is 604. The Balaban J connectivity index is 1.73. The molecule has 0 amide bonds. The fourth-order valence-electron chi connectivity index (χ4n) is 2.53. The maximum atomic E-state index is 5.86. The van der Waals surface area contributed by atoms with E-state index in [9.17, 15) is 0 Å². The minimum Gasteiger partial charge on any atom is -0.494 e. The van der Waals surface area contributed by atoms with Crippen molar-refractivity contribution < 1.29 is 9.15 Å². The van der Waals surface area contributed by atoms with E-state index in [1.54, 1.807) is 0 Å². The van der Waals surface area contributed by atoms with Gasteiger partial charge in [0.25, 0.3) is 0 Å². The number of rotatable bonds is 5. The highest BCUT2D eigenvalue weighted by molar-refractivity contribution is 7.99. The normalized spacial score (nSPS) is 15.9. The number of ether oxygens (including phenoxy) is 1. The second-order valence-corrected chi connectivity index (χ2v) is 6.59. The van der Waals surface area contributed by atoms with Crippen LogP contribution in [0.1, 0.15) is 18.4 Å². The summed E-state index contributed by atoms with van der Waals surface area (Å²) in [5, 5.41) is 0. The van der Waals surface area contributed by atoms with Gasteiger partial charge in [-0.15, -0.1) is 0 Å². The van der Waals surface area contributed by atoms with Gasteiger partial charge >= 0.3 is 0 Å². The van der Waals surface area contributed by atoms with E-state index in [4.69, 9.17) is 14.1 Å². The predicted octanol–water partition coefficient (Wildman–Crippen LogP) is 3.60. The van der Waals surface area contributed by atoms with Crippen molar-refractivity contribution in [1.29, 1.82) is 0 Å². The Morgan fingerprint density at radius 2 is 1.95 bits per heavy atom. The molecule has 1 aromatic heterocycles. The molecule has 0 bridgehead atoms. The second-order valence-electron chi connectivity index (χ2n) is 5.37. The zero-order valence-corrected chi connectivity index (χ0v) is 14.0. The van der Waals surface area contributed by atoms with Crippen LogP contribution in [0.25, 0.3) is 11.5 Å². The van der Waals surface area contributed by atoms with Gasteiger partial charge in [0.05, 0.1) is 12.3 Å². The van der Waals surface area contributed by atoms with E-state index in [2.05, 4.69) is 4.90 Å². The van der Waals surface area contributed by atoms with Gasteiger partial charge in [-0.2, -0.15) is 11.8 Å². The summed E-state index contributed by atoms with van der Waals surface area (Å²) in [4.78, 5) is 7.14. The van der Waals surface area contributed by atoms with Crippen LogP contribution in [0.3, 0.4) is 0 Å². The van der Waals surface area contributed by atoms with Gasteiger partial charge in [-0.05, 0) is 38.1 Å². The summed E-state index contributed by atoms with van der Waals surface area (Å²) in [5.41, 5.74) is 2.04. The number of aromatic nitrogens is 1. The first-order chi connectivity index (χ1) is 10.8. The monoisotopic (exact) mass is 318 g/mol. The average Bonchev–Trinajstić information content (AvgIpc) is 2.90. The lowest BCUT2D eigenvalue weighted by Crippen LogP contribution is -2.32. The lowest BCUT2D eigenvalue weighted by molar-refractivity contribution is 0.289. The molecule has 0 unspecified atom stereocenters. The first kappa shape index (κ1) is 15.4. The molecule has 1 aromatic carbocycles. The number of thioether (sulfide) groups is 1. The predicted molar refractivity (Wildman–Crippen MR) is 90.4 cm³/mol. The molecular formula is C17H22N2O2S. The zero-order valence-electron chi connectivity index (χ0n) is 13.2. The largest absolute Gasteiger partial charge is 0.494 e. The third kappa shape index (κ3) is 3.65. The molecule has 0 N–H and O–H groups in total.